The van der Waals surface area contributed by atoms with Gasteiger partial charge in [0.25, 0.3) is 0 Å². The van der Waals surface area contributed by atoms with Crippen molar-refractivity contribution in [3.8, 4) is 0 Å². The van der Waals surface area contributed by atoms with E-state index in [1.54, 1.807) is 31.1 Å². The van der Waals surface area contributed by atoms with Gasteiger partial charge < -0.3 is 15.7 Å². The van der Waals surface area contributed by atoms with E-state index < -0.39 is 11.1 Å². The first-order valence-electron chi connectivity index (χ1n) is 9.15. The van der Waals surface area contributed by atoms with Crippen molar-refractivity contribution in [1.29, 1.82) is 0 Å². The molecule has 0 spiro atoms. The van der Waals surface area contributed by atoms with Crippen LogP contribution in [0, 0.1) is 0 Å². The smallest absolute Gasteiger partial charge is 0.242 e. The number of carbonyl (C=O) groups excluding carboxylic acids is 1. The number of amides is 1. The molecule has 1 fully saturated rings. The lowest BCUT2D eigenvalue weighted by Gasteiger charge is -2.33. The normalized spacial score (nSPS) is 22.1. The zero-order valence-corrected chi connectivity index (χ0v) is 15.7. The van der Waals surface area contributed by atoms with E-state index in [-0.39, 0.29) is 5.91 Å². The summed E-state index contributed by atoms with van der Waals surface area (Å²) in [7, 11) is 0. The fraction of sp³-hybridized carbons (Fsp3) is 0.684. The van der Waals surface area contributed by atoms with E-state index >= 15 is 0 Å². The predicted molar refractivity (Wildman–Crippen MR) is 98.8 cm³/mol. The number of pyridine rings is 1. The highest BCUT2D eigenvalue weighted by atomic mass is 16.3. The Morgan fingerprint density at radius 1 is 1.36 bits per heavy atom. The molecular weight excluding hydrogens is 316 g/mol. The van der Waals surface area contributed by atoms with Crippen LogP contribution in [0.2, 0.25) is 0 Å². The predicted octanol–water partition coefficient (Wildman–Crippen LogP) is 1.38. The summed E-state index contributed by atoms with van der Waals surface area (Å²) in [5.74, 6) is -0.0408. The maximum Gasteiger partial charge on any atom is 0.242 e. The van der Waals surface area contributed by atoms with Gasteiger partial charge in [0.1, 0.15) is 0 Å². The molecule has 1 aromatic rings. The van der Waals surface area contributed by atoms with Crippen molar-refractivity contribution in [2.75, 3.05) is 26.2 Å². The van der Waals surface area contributed by atoms with E-state index in [0.29, 0.717) is 32.5 Å². The Kier molecular flexibility index (Phi) is 6.54. The van der Waals surface area contributed by atoms with Crippen LogP contribution in [0.15, 0.2) is 24.5 Å². The van der Waals surface area contributed by atoms with Gasteiger partial charge in [0.05, 0.1) is 11.1 Å². The number of rotatable bonds is 6. The average Bonchev–Trinajstić information content (AvgIpc) is 2.75. The Bertz CT molecular complexity index is 558. The first-order chi connectivity index (χ1) is 11.7. The van der Waals surface area contributed by atoms with Crippen molar-refractivity contribution in [2.45, 2.75) is 57.7 Å². The summed E-state index contributed by atoms with van der Waals surface area (Å²) in [6.45, 7) is 9.07. The first kappa shape index (κ1) is 19.8. The molecule has 25 heavy (non-hydrogen) atoms. The zero-order valence-electron chi connectivity index (χ0n) is 15.7. The Hall–Kier alpha value is -1.50. The number of nitrogens with zero attached hydrogens (tertiary/aromatic N) is 3. The highest BCUT2D eigenvalue weighted by molar-refractivity contribution is 5.85. The van der Waals surface area contributed by atoms with Crippen LogP contribution in [0.25, 0.3) is 0 Å². The third kappa shape index (κ3) is 5.76. The summed E-state index contributed by atoms with van der Waals surface area (Å²) >= 11 is 0. The van der Waals surface area contributed by atoms with Gasteiger partial charge >= 0.3 is 0 Å². The Balaban J connectivity index is 1.97. The standard InChI is InChI=1S/C19H32N4O2/c1-4-22(14-16-6-10-21-11-7-16)15-19(25)8-5-12-23(13-9-19)17(24)18(2,3)20/h6-7,10-11,25H,4-5,8-9,12-15,20H2,1-3H3/t19-/m0/s1. The van der Waals surface area contributed by atoms with Crippen molar-refractivity contribution < 1.29 is 9.90 Å². The molecule has 0 unspecified atom stereocenters. The number of hydrogen-bond acceptors (Lipinski definition) is 5. The van der Waals surface area contributed by atoms with Gasteiger partial charge in [-0.3, -0.25) is 14.7 Å². The van der Waals surface area contributed by atoms with Gasteiger partial charge in [-0.1, -0.05) is 6.92 Å². The van der Waals surface area contributed by atoms with Crippen molar-refractivity contribution in [1.82, 2.24) is 14.8 Å². The second kappa shape index (κ2) is 8.25. The fourth-order valence-corrected chi connectivity index (χ4v) is 3.39. The van der Waals surface area contributed by atoms with Crippen LogP contribution in [0.3, 0.4) is 0 Å². The number of carbonyl (C=O) groups is 1. The molecular formula is C19H32N4O2. The summed E-state index contributed by atoms with van der Waals surface area (Å²) in [6, 6.07) is 4.01. The van der Waals surface area contributed by atoms with Gasteiger partial charge in [0.15, 0.2) is 0 Å². The maximum atomic E-state index is 12.4. The zero-order chi connectivity index (χ0) is 18.5. The topological polar surface area (TPSA) is 82.7 Å². The number of aromatic nitrogens is 1. The third-order valence-electron chi connectivity index (χ3n) is 4.88. The molecule has 1 amide bonds. The van der Waals surface area contributed by atoms with Crippen LogP contribution >= 0.6 is 0 Å². The molecule has 2 rings (SSSR count). The Morgan fingerprint density at radius 3 is 2.64 bits per heavy atom. The minimum absolute atomic E-state index is 0.0408. The summed E-state index contributed by atoms with van der Waals surface area (Å²) in [6.07, 6.45) is 5.67. The number of nitrogens with two attached hydrogens (primary N) is 1. The van der Waals surface area contributed by atoms with Gasteiger partial charge in [0, 0.05) is 38.6 Å². The minimum atomic E-state index is -0.862. The highest BCUT2D eigenvalue weighted by Crippen LogP contribution is 2.25. The van der Waals surface area contributed by atoms with Crippen LogP contribution in [0.1, 0.15) is 45.6 Å². The SMILES string of the molecule is CCN(Cc1ccncc1)C[C@]1(O)CCCN(C(=O)C(C)(C)N)CC1. The lowest BCUT2D eigenvalue weighted by Crippen LogP contribution is -2.51. The molecule has 3 N–H and O–H groups in total. The second-order valence-corrected chi connectivity index (χ2v) is 7.75. The minimum Gasteiger partial charge on any atom is -0.388 e. The van der Waals surface area contributed by atoms with E-state index in [1.807, 2.05) is 12.1 Å². The van der Waals surface area contributed by atoms with Crippen LogP contribution in [-0.4, -0.2) is 63.1 Å². The molecule has 0 radical (unpaired) electrons. The second-order valence-electron chi connectivity index (χ2n) is 7.75. The van der Waals surface area contributed by atoms with Crippen molar-refractivity contribution in [3.63, 3.8) is 0 Å². The Morgan fingerprint density at radius 2 is 2.04 bits per heavy atom. The number of aliphatic hydroxyl groups is 1. The number of hydrogen-bond donors (Lipinski definition) is 2. The van der Waals surface area contributed by atoms with E-state index in [1.165, 1.54) is 5.56 Å². The van der Waals surface area contributed by atoms with Crippen LogP contribution in [0.5, 0.6) is 0 Å². The largest absolute Gasteiger partial charge is 0.388 e. The number of likely N-dealkylation sites (tertiary alicyclic amines) is 1. The summed E-state index contributed by atoms with van der Waals surface area (Å²) in [5, 5.41) is 11.1. The number of likely N-dealkylation sites (N-methyl/N-ethyl adjacent to an activating group) is 1. The molecule has 0 saturated carbocycles. The van der Waals surface area contributed by atoms with Crippen LogP contribution in [-0.2, 0) is 11.3 Å². The highest BCUT2D eigenvalue weighted by Gasteiger charge is 2.35. The molecule has 1 aromatic heterocycles. The molecule has 0 bridgehead atoms. The third-order valence-corrected chi connectivity index (χ3v) is 4.88. The molecule has 0 aliphatic carbocycles. The Labute approximate surface area is 151 Å². The molecule has 6 nitrogen and oxygen atoms in total. The molecule has 2 heterocycles. The molecule has 140 valence electrons. The monoisotopic (exact) mass is 348 g/mol. The van der Waals surface area contributed by atoms with Gasteiger partial charge in [-0.25, -0.2) is 0 Å². The fourth-order valence-electron chi connectivity index (χ4n) is 3.39. The van der Waals surface area contributed by atoms with Gasteiger partial charge in [-0.05, 0) is 57.4 Å². The van der Waals surface area contributed by atoms with Crippen LogP contribution < -0.4 is 5.73 Å². The average molecular weight is 348 g/mol. The van der Waals surface area contributed by atoms with E-state index in [9.17, 15) is 9.90 Å². The maximum absolute atomic E-state index is 12.4. The molecule has 1 atom stereocenters. The van der Waals surface area contributed by atoms with Crippen molar-refractivity contribution in [3.05, 3.63) is 30.1 Å². The van der Waals surface area contributed by atoms with E-state index in [2.05, 4.69) is 16.8 Å². The molecule has 1 aliphatic rings. The molecule has 1 aliphatic heterocycles. The quantitative estimate of drug-likeness (QED) is 0.812. The molecule has 1 saturated heterocycles. The molecule has 6 heteroatoms. The lowest BCUT2D eigenvalue weighted by molar-refractivity contribution is -0.135. The van der Waals surface area contributed by atoms with Gasteiger partial charge in [-0.2, -0.15) is 0 Å². The lowest BCUT2D eigenvalue weighted by atomic mass is 9.94. The summed E-state index contributed by atoms with van der Waals surface area (Å²) < 4.78 is 0. The van der Waals surface area contributed by atoms with Gasteiger partial charge in [-0.15, -0.1) is 0 Å². The summed E-state index contributed by atoms with van der Waals surface area (Å²) in [4.78, 5) is 20.5. The van der Waals surface area contributed by atoms with Gasteiger partial charge in [0.2, 0.25) is 5.91 Å². The summed E-state index contributed by atoms with van der Waals surface area (Å²) in [5.41, 5.74) is 5.51. The molecule has 0 aromatic carbocycles. The van der Waals surface area contributed by atoms with Crippen molar-refractivity contribution in [2.24, 2.45) is 5.73 Å². The van der Waals surface area contributed by atoms with Crippen LogP contribution in [0.4, 0.5) is 0 Å². The van der Waals surface area contributed by atoms with E-state index in [0.717, 1.165) is 19.5 Å². The van der Waals surface area contributed by atoms with E-state index in [4.69, 9.17) is 5.73 Å². The first-order valence-corrected chi connectivity index (χ1v) is 9.15. The van der Waals surface area contributed by atoms with Crippen molar-refractivity contribution >= 4 is 5.91 Å².